The van der Waals surface area contributed by atoms with Crippen LogP contribution in [0.4, 0.5) is 0 Å². The lowest BCUT2D eigenvalue weighted by Gasteiger charge is -2.27. The lowest BCUT2D eigenvalue weighted by molar-refractivity contribution is 0.112. The predicted molar refractivity (Wildman–Crippen MR) is 110 cm³/mol. The third-order valence-electron chi connectivity index (χ3n) is 4.91. The van der Waals surface area contributed by atoms with Crippen molar-refractivity contribution < 1.29 is 9.36 Å². The Morgan fingerprint density at radius 2 is 1.08 bits per heavy atom. The molecule has 0 aromatic heterocycles. The first-order valence-electron chi connectivity index (χ1n) is 8.69. The summed E-state index contributed by atoms with van der Waals surface area (Å²) in [5.74, 6) is 0. The fourth-order valence-electron chi connectivity index (χ4n) is 3.83. The highest BCUT2D eigenvalue weighted by molar-refractivity contribution is 7.85. The first-order valence-corrected chi connectivity index (χ1v) is 10.4. The fraction of sp³-hybridized carbons (Fsp3) is 0.174. The van der Waals surface area contributed by atoms with Crippen LogP contribution in [0.3, 0.4) is 0 Å². The third kappa shape index (κ3) is 2.85. The number of benzene rings is 3. The van der Waals surface area contributed by atoms with Gasteiger partial charge in [-0.15, -0.1) is 0 Å². The standard InChI is InChI=1S/C23H23O2P/c1-16-9-7-10-17(2)22(16)26(25,21-14-6-5-13-20(21)15-24)23-18(3)11-8-12-19(23)4/h5-15H,1-4H3. The number of carbonyl (C=O) groups excluding carboxylic acids is 1. The smallest absolute Gasteiger partial charge is 0.172 e. The van der Waals surface area contributed by atoms with Crippen LogP contribution in [-0.4, -0.2) is 6.29 Å². The number of carbonyl (C=O) groups is 1. The Labute approximate surface area is 155 Å². The van der Waals surface area contributed by atoms with Gasteiger partial charge in [0.15, 0.2) is 13.4 Å². The molecule has 0 unspecified atom stereocenters. The summed E-state index contributed by atoms with van der Waals surface area (Å²) in [6.45, 7) is 7.97. The van der Waals surface area contributed by atoms with Crippen molar-refractivity contribution in [2.45, 2.75) is 27.7 Å². The molecular formula is C23H23O2P. The zero-order chi connectivity index (χ0) is 18.9. The Morgan fingerprint density at radius 3 is 1.50 bits per heavy atom. The van der Waals surface area contributed by atoms with E-state index in [1.165, 1.54) is 0 Å². The number of aryl methyl sites for hydroxylation is 4. The second-order valence-electron chi connectivity index (χ2n) is 6.77. The molecule has 26 heavy (non-hydrogen) atoms. The average molecular weight is 362 g/mol. The second-order valence-corrected chi connectivity index (χ2v) is 9.36. The minimum Gasteiger partial charge on any atom is -0.309 e. The minimum absolute atomic E-state index is 0.487. The van der Waals surface area contributed by atoms with Gasteiger partial charge >= 0.3 is 0 Å². The molecule has 0 saturated carbocycles. The van der Waals surface area contributed by atoms with Crippen LogP contribution in [0, 0.1) is 27.7 Å². The maximum atomic E-state index is 14.9. The summed E-state index contributed by atoms with van der Waals surface area (Å²) in [4.78, 5) is 11.8. The van der Waals surface area contributed by atoms with E-state index < -0.39 is 7.14 Å². The first kappa shape index (κ1) is 18.4. The van der Waals surface area contributed by atoms with E-state index in [1.807, 2.05) is 82.3 Å². The Bertz CT molecular complexity index is 938. The van der Waals surface area contributed by atoms with Gasteiger partial charge in [0.1, 0.15) is 0 Å². The molecule has 132 valence electrons. The zero-order valence-electron chi connectivity index (χ0n) is 15.6. The van der Waals surface area contributed by atoms with Crippen molar-refractivity contribution in [2.75, 3.05) is 0 Å². The van der Waals surface area contributed by atoms with Gasteiger partial charge in [-0.3, -0.25) is 4.79 Å². The van der Waals surface area contributed by atoms with Crippen molar-refractivity contribution >= 4 is 29.3 Å². The fourth-order valence-corrected chi connectivity index (χ4v) is 7.61. The molecule has 0 aliphatic rings. The van der Waals surface area contributed by atoms with E-state index in [1.54, 1.807) is 6.07 Å². The van der Waals surface area contributed by atoms with Crippen LogP contribution >= 0.6 is 7.14 Å². The summed E-state index contributed by atoms with van der Waals surface area (Å²) >= 11 is 0. The molecule has 0 amide bonds. The molecule has 0 heterocycles. The van der Waals surface area contributed by atoms with Gasteiger partial charge < -0.3 is 4.57 Å². The van der Waals surface area contributed by atoms with E-state index in [9.17, 15) is 9.36 Å². The molecule has 3 heteroatoms. The average Bonchev–Trinajstić information content (AvgIpc) is 2.61. The van der Waals surface area contributed by atoms with Crippen molar-refractivity contribution in [1.29, 1.82) is 0 Å². The summed E-state index contributed by atoms with van der Waals surface area (Å²) in [7, 11) is -3.21. The molecule has 0 fully saturated rings. The maximum absolute atomic E-state index is 14.9. The van der Waals surface area contributed by atoms with Gasteiger partial charge in [0, 0.05) is 21.5 Å². The summed E-state index contributed by atoms with van der Waals surface area (Å²) in [5, 5.41) is 2.29. The van der Waals surface area contributed by atoms with E-state index in [2.05, 4.69) is 0 Å². The molecule has 0 saturated heterocycles. The van der Waals surface area contributed by atoms with Gasteiger partial charge in [-0.05, 0) is 49.9 Å². The van der Waals surface area contributed by atoms with Crippen LogP contribution in [0.2, 0.25) is 0 Å². The van der Waals surface area contributed by atoms with E-state index >= 15 is 0 Å². The molecule has 3 rings (SSSR count). The Hall–Kier alpha value is -2.44. The van der Waals surface area contributed by atoms with Gasteiger partial charge in [0.05, 0.1) is 0 Å². The van der Waals surface area contributed by atoms with Crippen LogP contribution in [0.5, 0.6) is 0 Å². The van der Waals surface area contributed by atoms with E-state index in [4.69, 9.17) is 0 Å². The second kappa shape index (κ2) is 7.05. The highest BCUT2D eigenvalue weighted by atomic mass is 31.2. The maximum Gasteiger partial charge on any atom is 0.172 e. The largest absolute Gasteiger partial charge is 0.309 e. The molecule has 0 spiro atoms. The molecule has 0 aliphatic heterocycles. The van der Waals surface area contributed by atoms with Crippen molar-refractivity contribution in [2.24, 2.45) is 0 Å². The molecule has 3 aromatic carbocycles. The lowest BCUT2D eigenvalue weighted by Crippen LogP contribution is -2.32. The van der Waals surface area contributed by atoms with Gasteiger partial charge in [-0.2, -0.15) is 0 Å². The SMILES string of the molecule is Cc1cccc(C)c1P(=O)(c1ccccc1C=O)c1c(C)cccc1C. The van der Waals surface area contributed by atoms with Crippen molar-refractivity contribution in [3.8, 4) is 0 Å². The minimum atomic E-state index is -3.21. The van der Waals surface area contributed by atoms with Crippen molar-refractivity contribution in [1.82, 2.24) is 0 Å². The number of hydrogen-bond donors (Lipinski definition) is 0. The molecule has 0 radical (unpaired) electrons. The highest BCUT2D eigenvalue weighted by Gasteiger charge is 2.36. The summed E-state index contributed by atoms with van der Waals surface area (Å²) in [5.41, 5.74) is 4.42. The topological polar surface area (TPSA) is 34.1 Å². The van der Waals surface area contributed by atoms with Gasteiger partial charge in [0.2, 0.25) is 0 Å². The molecule has 0 bridgehead atoms. The van der Waals surface area contributed by atoms with Crippen LogP contribution in [0.1, 0.15) is 32.6 Å². The predicted octanol–water partition coefficient (Wildman–Crippen LogP) is 4.37. The van der Waals surface area contributed by atoms with E-state index in [0.29, 0.717) is 10.9 Å². The molecule has 0 N–H and O–H groups in total. The number of hydrogen-bond acceptors (Lipinski definition) is 2. The first-order chi connectivity index (χ1) is 12.4. The van der Waals surface area contributed by atoms with Crippen molar-refractivity contribution in [3.63, 3.8) is 0 Å². The van der Waals surface area contributed by atoms with Crippen LogP contribution in [0.15, 0.2) is 60.7 Å². The number of rotatable bonds is 4. The van der Waals surface area contributed by atoms with Crippen LogP contribution < -0.4 is 15.9 Å². The quantitative estimate of drug-likeness (QED) is 0.510. The third-order valence-corrected chi connectivity index (χ3v) is 8.67. The summed E-state index contributed by atoms with van der Waals surface area (Å²) < 4.78 is 14.9. The van der Waals surface area contributed by atoms with Crippen LogP contribution in [0.25, 0.3) is 0 Å². The molecule has 3 aromatic rings. The molecular weight excluding hydrogens is 339 g/mol. The van der Waals surface area contributed by atoms with E-state index in [-0.39, 0.29) is 0 Å². The van der Waals surface area contributed by atoms with Gasteiger partial charge in [-0.1, -0.05) is 60.7 Å². The highest BCUT2D eigenvalue weighted by Crippen LogP contribution is 2.46. The molecule has 0 atom stereocenters. The monoisotopic (exact) mass is 362 g/mol. The van der Waals surface area contributed by atoms with Crippen molar-refractivity contribution in [3.05, 3.63) is 88.5 Å². The van der Waals surface area contributed by atoms with E-state index in [0.717, 1.165) is 39.1 Å². The Morgan fingerprint density at radius 1 is 0.654 bits per heavy atom. The molecule has 0 aliphatic carbocycles. The lowest BCUT2D eigenvalue weighted by atomic mass is 10.1. The molecule has 2 nitrogen and oxygen atoms in total. The van der Waals surface area contributed by atoms with Gasteiger partial charge in [-0.25, -0.2) is 0 Å². The number of aldehydes is 1. The van der Waals surface area contributed by atoms with Gasteiger partial charge in [0.25, 0.3) is 0 Å². The normalized spacial score (nSPS) is 11.4. The summed E-state index contributed by atoms with van der Waals surface area (Å²) in [6.07, 6.45) is 0.809. The zero-order valence-corrected chi connectivity index (χ0v) is 16.5. The van der Waals surface area contributed by atoms with Crippen LogP contribution in [-0.2, 0) is 4.57 Å². The summed E-state index contributed by atoms with van der Waals surface area (Å²) in [6, 6.07) is 19.2. The Balaban J connectivity index is 2.53. The Kier molecular flexibility index (Phi) is 4.98.